The van der Waals surface area contributed by atoms with Gasteiger partial charge in [-0.3, -0.25) is 29.0 Å². The first kappa shape index (κ1) is 29.1. The third-order valence-electron chi connectivity index (χ3n) is 9.12. The summed E-state index contributed by atoms with van der Waals surface area (Å²) < 4.78 is 16.1. The van der Waals surface area contributed by atoms with Gasteiger partial charge in [0, 0.05) is 22.4 Å². The molecule has 3 aromatic carbocycles. The van der Waals surface area contributed by atoms with E-state index in [9.17, 15) is 24.0 Å². The average molecular weight is 647 g/mol. The maximum absolute atomic E-state index is 14.1. The minimum absolute atomic E-state index is 0.0314. The lowest BCUT2D eigenvalue weighted by molar-refractivity contribution is -0.142. The van der Waals surface area contributed by atoms with Gasteiger partial charge in [0.2, 0.25) is 23.6 Å². The van der Waals surface area contributed by atoms with Gasteiger partial charge >= 0.3 is 5.97 Å². The number of ether oxygens (including phenoxy) is 3. The normalized spacial score (nSPS) is 26.5. The van der Waals surface area contributed by atoms with Gasteiger partial charge < -0.3 is 14.2 Å². The molecule has 8 rings (SSSR count). The Morgan fingerprint density at radius 2 is 1.11 bits per heavy atom. The lowest BCUT2D eigenvalue weighted by atomic mass is 9.52. The standard InChI is InChI=1S/C33H24Cl2N2O8/c1-43-18-8-4-16(5-9-18)36-29(38)25-20-14-21(33(42)45-23-12-3-15(34)13-22(23)35)24(27(25)31(36)40)28-26(20)30(39)37(32(28)41)17-6-10-19(44-2)11-7-17/h3-14,20,24-28H,1-2H3/t20?,24?,25-,26-,27-,28+/m0/s1. The predicted molar refractivity (Wildman–Crippen MR) is 162 cm³/mol. The molecule has 12 heteroatoms. The van der Waals surface area contributed by atoms with E-state index in [-0.39, 0.29) is 16.3 Å². The van der Waals surface area contributed by atoms with E-state index in [1.54, 1.807) is 48.5 Å². The molecule has 3 aromatic rings. The number of nitrogens with zero attached hydrogens (tertiary/aromatic N) is 2. The van der Waals surface area contributed by atoms with Crippen molar-refractivity contribution in [1.82, 2.24) is 0 Å². The van der Waals surface area contributed by atoms with Crippen LogP contribution in [0.15, 0.2) is 78.4 Å². The topological polar surface area (TPSA) is 120 Å². The molecular weight excluding hydrogens is 623 g/mol. The monoisotopic (exact) mass is 646 g/mol. The Morgan fingerprint density at radius 1 is 0.644 bits per heavy atom. The zero-order valence-corrected chi connectivity index (χ0v) is 25.3. The van der Waals surface area contributed by atoms with Crippen molar-refractivity contribution in [2.45, 2.75) is 0 Å². The number of anilines is 2. The molecule has 4 amide bonds. The molecule has 45 heavy (non-hydrogen) atoms. The van der Waals surface area contributed by atoms with Gasteiger partial charge in [0.05, 0.1) is 54.3 Å². The van der Waals surface area contributed by atoms with E-state index in [0.29, 0.717) is 27.9 Å². The van der Waals surface area contributed by atoms with Gasteiger partial charge in [-0.2, -0.15) is 0 Å². The van der Waals surface area contributed by atoms with Crippen molar-refractivity contribution in [1.29, 1.82) is 0 Å². The third kappa shape index (κ3) is 4.34. The molecule has 3 fully saturated rings. The van der Waals surface area contributed by atoms with Crippen LogP contribution in [-0.4, -0.2) is 43.8 Å². The van der Waals surface area contributed by atoms with Crippen molar-refractivity contribution >= 4 is 64.2 Å². The van der Waals surface area contributed by atoms with E-state index in [1.807, 2.05) is 0 Å². The first-order chi connectivity index (χ1) is 21.6. The van der Waals surface area contributed by atoms with Crippen LogP contribution in [0.25, 0.3) is 0 Å². The number of methoxy groups -OCH3 is 2. The smallest absolute Gasteiger partial charge is 0.339 e. The van der Waals surface area contributed by atoms with Crippen molar-refractivity contribution in [3.63, 3.8) is 0 Å². The summed E-state index contributed by atoms with van der Waals surface area (Å²) in [5.74, 6) is -7.98. The van der Waals surface area contributed by atoms with Crippen molar-refractivity contribution in [3.8, 4) is 17.2 Å². The number of rotatable bonds is 6. The van der Waals surface area contributed by atoms with E-state index >= 15 is 0 Å². The van der Waals surface area contributed by atoms with Gasteiger partial charge in [0.25, 0.3) is 0 Å². The highest BCUT2D eigenvalue weighted by Crippen LogP contribution is 2.61. The number of allylic oxidation sites excluding steroid dienone is 1. The van der Waals surface area contributed by atoms with Gasteiger partial charge in [-0.25, -0.2) is 4.79 Å². The van der Waals surface area contributed by atoms with Crippen molar-refractivity contribution in [2.75, 3.05) is 24.0 Å². The predicted octanol–water partition coefficient (Wildman–Crippen LogP) is 4.71. The fourth-order valence-electron chi connectivity index (χ4n) is 7.24. The van der Waals surface area contributed by atoms with Crippen LogP contribution in [0.4, 0.5) is 11.4 Å². The summed E-state index contributed by atoms with van der Waals surface area (Å²) >= 11 is 12.3. The van der Waals surface area contributed by atoms with Gasteiger partial charge in [0.1, 0.15) is 17.2 Å². The van der Waals surface area contributed by atoms with E-state index in [0.717, 1.165) is 9.80 Å². The number of carbonyl (C=O) groups is 5. The van der Waals surface area contributed by atoms with Gasteiger partial charge in [-0.1, -0.05) is 29.3 Å². The molecule has 10 nitrogen and oxygen atoms in total. The van der Waals surface area contributed by atoms with Gasteiger partial charge in [0.15, 0.2) is 0 Å². The molecule has 0 N–H and O–H groups in total. The molecule has 228 valence electrons. The fourth-order valence-corrected chi connectivity index (χ4v) is 7.69. The highest BCUT2D eigenvalue weighted by molar-refractivity contribution is 6.35. The molecule has 3 aliphatic carbocycles. The van der Waals surface area contributed by atoms with Gasteiger partial charge in [-0.05, 0) is 66.7 Å². The number of carbonyl (C=O) groups excluding carboxylic acids is 5. The number of hydrogen-bond acceptors (Lipinski definition) is 8. The first-order valence-electron chi connectivity index (χ1n) is 14.1. The molecule has 2 heterocycles. The van der Waals surface area contributed by atoms with Crippen molar-refractivity contribution < 1.29 is 38.2 Å². The molecule has 5 aliphatic rings. The lowest BCUT2D eigenvalue weighted by Crippen LogP contribution is -2.53. The molecule has 1 saturated carbocycles. The molecule has 0 spiro atoms. The summed E-state index contributed by atoms with van der Waals surface area (Å²) in [5.41, 5.74) is 0.683. The Hall–Kier alpha value is -4.67. The number of benzene rings is 3. The molecule has 2 aliphatic heterocycles. The Kier molecular flexibility index (Phi) is 6.94. The Bertz CT molecular complexity index is 1730. The van der Waals surface area contributed by atoms with Crippen LogP contribution in [0.3, 0.4) is 0 Å². The molecule has 2 saturated heterocycles. The average Bonchev–Trinajstić information content (AvgIpc) is 3.48. The maximum Gasteiger partial charge on any atom is 0.339 e. The largest absolute Gasteiger partial charge is 0.497 e. The number of esters is 1. The minimum Gasteiger partial charge on any atom is -0.497 e. The highest BCUT2D eigenvalue weighted by atomic mass is 35.5. The zero-order chi connectivity index (χ0) is 31.7. The summed E-state index contributed by atoms with van der Waals surface area (Å²) in [5, 5.41) is 0.424. The van der Waals surface area contributed by atoms with E-state index in [1.165, 1.54) is 38.5 Å². The van der Waals surface area contributed by atoms with Crippen LogP contribution in [-0.2, 0) is 24.0 Å². The third-order valence-corrected chi connectivity index (χ3v) is 9.65. The molecule has 0 radical (unpaired) electrons. The molecule has 2 unspecified atom stereocenters. The lowest BCUT2D eigenvalue weighted by Gasteiger charge is -2.46. The van der Waals surface area contributed by atoms with Crippen LogP contribution in [0, 0.1) is 35.5 Å². The summed E-state index contributed by atoms with van der Waals surface area (Å²) in [6, 6.07) is 17.2. The molecule has 2 bridgehead atoms. The Balaban J connectivity index is 1.31. The van der Waals surface area contributed by atoms with Crippen molar-refractivity contribution in [3.05, 3.63) is 88.4 Å². The van der Waals surface area contributed by atoms with E-state index in [4.69, 9.17) is 37.4 Å². The summed E-state index contributed by atoms with van der Waals surface area (Å²) in [6.07, 6.45) is 1.53. The number of hydrogen-bond donors (Lipinski definition) is 0. The van der Waals surface area contributed by atoms with Crippen LogP contribution in [0.1, 0.15) is 0 Å². The second kappa shape index (κ2) is 10.7. The number of amides is 4. The van der Waals surface area contributed by atoms with Crippen molar-refractivity contribution in [2.24, 2.45) is 35.5 Å². The van der Waals surface area contributed by atoms with Gasteiger partial charge in [-0.15, -0.1) is 0 Å². The zero-order valence-electron chi connectivity index (χ0n) is 23.8. The van der Waals surface area contributed by atoms with E-state index < -0.39 is 65.1 Å². The summed E-state index contributed by atoms with van der Waals surface area (Å²) in [7, 11) is 3.00. The second-order valence-electron chi connectivity index (χ2n) is 11.2. The van der Waals surface area contributed by atoms with Crippen LogP contribution < -0.4 is 24.0 Å². The minimum atomic E-state index is -1.11. The SMILES string of the molecule is COc1ccc(N2C(=O)[C@@H]3C4C(C(=O)Oc5ccc(Cl)cc5Cl)=CC([C@@H]3C2=O)[C@@H]2C(=O)N(c3ccc(OC)cc3)C(=O)[C@@H]42)cc1. The quantitative estimate of drug-likeness (QED) is 0.215. The Morgan fingerprint density at radius 3 is 1.56 bits per heavy atom. The first-order valence-corrected chi connectivity index (χ1v) is 14.8. The highest BCUT2D eigenvalue weighted by Gasteiger charge is 2.71. The number of imide groups is 2. The second-order valence-corrected chi connectivity index (χ2v) is 12.1. The van der Waals surface area contributed by atoms with E-state index in [2.05, 4.69) is 0 Å². The van der Waals surface area contributed by atoms with Crippen LogP contribution >= 0.6 is 23.2 Å². The molecule has 0 aromatic heterocycles. The molecule has 6 atom stereocenters. The summed E-state index contributed by atoms with van der Waals surface area (Å²) in [6.45, 7) is 0. The molecular formula is C33H24Cl2N2O8. The summed E-state index contributed by atoms with van der Waals surface area (Å²) in [4.78, 5) is 72.2. The Labute approximate surface area is 267 Å². The number of halogens is 2. The van der Waals surface area contributed by atoms with Crippen LogP contribution in [0.2, 0.25) is 10.0 Å². The van der Waals surface area contributed by atoms with Crippen LogP contribution in [0.5, 0.6) is 17.2 Å². The maximum atomic E-state index is 14.1. The fraction of sp³-hybridized carbons (Fsp3) is 0.242.